The van der Waals surface area contributed by atoms with E-state index in [1.54, 1.807) is 0 Å². The van der Waals surface area contributed by atoms with Gasteiger partial charge in [0.2, 0.25) is 22.5 Å². The molecule has 0 saturated heterocycles. The second-order valence-corrected chi connectivity index (χ2v) is 20.4. The zero-order valence-electron chi connectivity index (χ0n) is 46.6. The predicted molar refractivity (Wildman–Crippen MR) is 295 cm³/mol. The quantitative estimate of drug-likeness (QED) is 0.00984. The second-order valence-electron chi connectivity index (χ2n) is 20.0. The highest BCUT2D eigenvalue weighted by Crippen LogP contribution is 2.37. The van der Waals surface area contributed by atoms with Crippen LogP contribution in [-0.4, -0.2) is 129 Å². The number of hydrogen-bond donors (Lipinski definition) is 11. The first kappa shape index (κ1) is 70.5. The molecule has 4 rings (SSSR count). The van der Waals surface area contributed by atoms with Crippen LogP contribution in [0.15, 0.2) is 47.3 Å². The van der Waals surface area contributed by atoms with E-state index in [1.165, 1.54) is 128 Å². The Hall–Kier alpha value is -6.65. The van der Waals surface area contributed by atoms with Gasteiger partial charge in [-0.3, -0.25) is 9.59 Å². The molecule has 4 unspecified atom stereocenters. The Morgan fingerprint density at radius 2 is 0.778 bits per heavy atom. The lowest BCUT2D eigenvalue weighted by Gasteiger charge is -2.19. The molecule has 0 aliphatic carbocycles. The average Bonchev–Trinajstić information content (AvgIpc) is 3.95. The number of phenols is 6. The number of ether oxygens (including phenoxy) is 5. The summed E-state index contributed by atoms with van der Waals surface area (Å²) in [5.41, 5.74) is -0.651. The third-order valence-electron chi connectivity index (χ3n) is 13.1. The van der Waals surface area contributed by atoms with E-state index in [1.807, 2.05) is 0 Å². The number of hydrogen-bond acceptors (Lipinski definition) is 22. The number of aliphatic hydroxyl groups excluding tert-OH is 5. The number of unbranched alkanes of at least 4 members (excludes halogenated alkanes) is 24. The third kappa shape index (κ3) is 27.1. The monoisotopic (exact) mass is 1170 g/mol. The molecule has 0 radical (unpaired) electrons. The molecular weight excluding hydrogens is 1080 g/mol. The fraction of sp³-hybridized carbons (Fsp3) is 0.621. The van der Waals surface area contributed by atoms with Crippen molar-refractivity contribution in [1.82, 2.24) is 0 Å². The molecule has 2 aromatic carbocycles. The van der Waals surface area contributed by atoms with Gasteiger partial charge in [0, 0.05) is 12.8 Å². The number of rotatable bonds is 37. The van der Waals surface area contributed by atoms with E-state index in [4.69, 9.17) is 36.0 Å². The van der Waals surface area contributed by atoms with Crippen molar-refractivity contribution in [3.63, 3.8) is 0 Å². The van der Waals surface area contributed by atoms with Gasteiger partial charge in [0.1, 0.15) is 25.4 Å². The van der Waals surface area contributed by atoms with Crippen molar-refractivity contribution in [2.75, 3.05) is 13.2 Å². The Labute approximate surface area is 477 Å². The van der Waals surface area contributed by atoms with Crippen LogP contribution in [0.25, 0.3) is 0 Å². The van der Waals surface area contributed by atoms with Gasteiger partial charge in [-0.2, -0.15) is 0 Å². The molecule has 22 nitrogen and oxygen atoms in total. The van der Waals surface area contributed by atoms with Crippen LogP contribution in [0.2, 0.25) is 0 Å². The Bertz CT molecular complexity index is 2300. The summed E-state index contributed by atoms with van der Waals surface area (Å²) in [6.07, 6.45) is 26.4. The van der Waals surface area contributed by atoms with Gasteiger partial charge < -0.3 is 79.9 Å². The van der Waals surface area contributed by atoms with E-state index in [0.717, 1.165) is 56.4 Å². The second kappa shape index (κ2) is 39.7. The fourth-order valence-corrected chi connectivity index (χ4v) is 8.53. The molecule has 4 atom stereocenters. The SMILES string of the molecule is CCCCCCCCCCCCCCCC(=O)Cl.CCCCCCCCCCCCCCCC(=O)OC1=C(O)C(=O)OC1C(O)COC(=O)c1cc(O)c(O)c(O)c1.O=C1OC(C(O)COC(=O)c2cc(O)c(O)c(O)c2)C(O)=C1O. The number of carbonyl (C=O) groups is 6. The summed E-state index contributed by atoms with van der Waals surface area (Å²) in [6, 6.07) is 3.33. The highest BCUT2D eigenvalue weighted by atomic mass is 35.5. The summed E-state index contributed by atoms with van der Waals surface area (Å²) in [6.45, 7) is 3.01. The van der Waals surface area contributed by atoms with Crippen LogP contribution in [0, 0.1) is 0 Å². The van der Waals surface area contributed by atoms with Crippen molar-refractivity contribution < 1.29 is 109 Å². The van der Waals surface area contributed by atoms with Gasteiger partial charge >= 0.3 is 29.8 Å². The number of aromatic hydroxyl groups is 6. The van der Waals surface area contributed by atoms with Crippen LogP contribution >= 0.6 is 11.6 Å². The van der Waals surface area contributed by atoms with Crippen LogP contribution in [0.1, 0.15) is 214 Å². The first-order chi connectivity index (χ1) is 38.6. The summed E-state index contributed by atoms with van der Waals surface area (Å²) < 4.78 is 24.0. The lowest BCUT2D eigenvalue weighted by Crippen LogP contribution is -2.34. The van der Waals surface area contributed by atoms with E-state index in [2.05, 4.69) is 23.3 Å². The van der Waals surface area contributed by atoms with Crippen LogP contribution < -0.4 is 0 Å². The number of halogens is 1. The molecule has 2 aliphatic rings. The topological polar surface area (TPSA) is 371 Å². The molecule has 2 aromatic rings. The zero-order valence-corrected chi connectivity index (χ0v) is 47.4. The van der Waals surface area contributed by atoms with E-state index in [0.29, 0.717) is 12.8 Å². The van der Waals surface area contributed by atoms with Gasteiger partial charge in [-0.15, -0.1) is 0 Å². The number of benzene rings is 2. The number of carbonyl (C=O) groups excluding carboxylic acids is 6. The van der Waals surface area contributed by atoms with Gasteiger partial charge in [0.05, 0.1) is 11.1 Å². The summed E-state index contributed by atoms with van der Waals surface area (Å²) in [4.78, 5) is 69.5. The van der Waals surface area contributed by atoms with Crippen LogP contribution in [0.3, 0.4) is 0 Å². The molecule has 0 amide bonds. The minimum Gasteiger partial charge on any atom is -0.505 e. The smallest absolute Gasteiger partial charge is 0.378 e. The highest BCUT2D eigenvalue weighted by Gasteiger charge is 2.43. The van der Waals surface area contributed by atoms with E-state index in [9.17, 15) is 74.7 Å². The summed E-state index contributed by atoms with van der Waals surface area (Å²) in [5.74, 6) is -13.4. The lowest BCUT2D eigenvalue weighted by atomic mass is 10.0. The minimum atomic E-state index is -1.70. The standard InChI is InChI=1S/C29H42O11.C16H31ClO.C13H12O10/c1-2-3-4-5-6-7-8-9-10-11-12-13-14-15-23(33)39-27-25(35)29(37)40-26(27)22(32)18-38-28(36)19-16-20(30)24(34)21(31)17-19;1-2-3-4-5-6-7-8-9-10-11-12-13-14-15-16(17)18;14-5-1-4(2-6(15)8(5)17)12(20)22-3-7(16)11-9(18)10(19)13(21)23-11/h16-17,22,26,30-32,34-35H,2-15,18H2,1H3;2-15H2,1H3;1-2,7,11,14-19H,3H2. The van der Waals surface area contributed by atoms with E-state index >= 15 is 0 Å². The van der Waals surface area contributed by atoms with Crippen molar-refractivity contribution in [2.45, 2.75) is 218 Å². The third-order valence-corrected chi connectivity index (χ3v) is 13.3. The van der Waals surface area contributed by atoms with Crippen LogP contribution in [0.4, 0.5) is 0 Å². The largest absolute Gasteiger partial charge is 0.505 e. The van der Waals surface area contributed by atoms with Gasteiger partial charge in [-0.25, -0.2) is 19.2 Å². The first-order valence-electron chi connectivity index (χ1n) is 28.2. The zero-order chi connectivity index (χ0) is 60.3. The molecule has 2 heterocycles. The minimum absolute atomic E-state index is 0.0500. The summed E-state index contributed by atoms with van der Waals surface area (Å²) >= 11 is 5.28. The van der Waals surface area contributed by atoms with Crippen molar-refractivity contribution in [3.05, 3.63) is 58.4 Å². The van der Waals surface area contributed by atoms with Crippen LogP contribution in [-0.2, 0) is 42.9 Å². The molecule has 0 saturated carbocycles. The molecule has 0 aromatic heterocycles. The first-order valence-corrected chi connectivity index (χ1v) is 28.6. The molecule has 2 aliphatic heterocycles. The van der Waals surface area contributed by atoms with E-state index < -0.39 is 125 Å². The normalized spacial score (nSPS) is 15.4. The van der Waals surface area contributed by atoms with Gasteiger partial charge in [0.15, 0.2) is 52.5 Å². The maximum atomic E-state index is 12.3. The fourth-order valence-electron chi connectivity index (χ4n) is 8.40. The molecular formula is C58H85ClO22. The van der Waals surface area contributed by atoms with Crippen molar-refractivity contribution in [1.29, 1.82) is 0 Å². The van der Waals surface area contributed by atoms with Crippen molar-refractivity contribution >= 4 is 46.7 Å². The Kier molecular flexibility index (Phi) is 34.5. The number of esters is 5. The number of aliphatic hydroxyl groups is 5. The molecule has 81 heavy (non-hydrogen) atoms. The molecule has 23 heteroatoms. The van der Waals surface area contributed by atoms with Crippen LogP contribution in [0.5, 0.6) is 34.5 Å². The molecule has 0 spiro atoms. The van der Waals surface area contributed by atoms with E-state index in [-0.39, 0.29) is 22.8 Å². The Balaban J connectivity index is 0.000000460. The Morgan fingerprint density at radius 3 is 1.11 bits per heavy atom. The summed E-state index contributed by atoms with van der Waals surface area (Å²) in [5, 5.41) is 104. The number of cyclic esters (lactones) is 2. The lowest BCUT2D eigenvalue weighted by molar-refractivity contribution is -0.151. The molecule has 11 N–H and O–H groups in total. The maximum absolute atomic E-state index is 12.3. The molecule has 0 bridgehead atoms. The summed E-state index contributed by atoms with van der Waals surface area (Å²) in [7, 11) is 0. The predicted octanol–water partition coefficient (Wildman–Crippen LogP) is 10.8. The van der Waals surface area contributed by atoms with Crippen molar-refractivity contribution in [2.24, 2.45) is 0 Å². The molecule has 456 valence electrons. The Morgan fingerprint density at radius 1 is 0.469 bits per heavy atom. The van der Waals surface area contributed by atoms with Gasteiger partial charge in [-0.1, -0.05) is 168 Å². The molecule has 0 fully saturated rings. The number of phenolic OH excluding ortho intramolecular Hbond substituents is 6. The van der Waals surface area contributed by atoms with Crippen molar-refractivity contribution in [3.8, 4) is 34.5 Å². The van der Waals surface area contributed by atoms with Gasteiger partial charge in [-0.05, 0) is 48.7 Å². The van der Waals surface area contributed by atoms with Gasteiger partial charge in [0.25, 0.3) is 0 Å². The average molecular weight is 1170 g/mol. The highest BCUT2D eigenvalue weighted by molar-refractivity contribution is 6.63. The maximum Gasteiger partial charge on any atom is 0.378 e.